The van der Waals surface area contributed by atoms with Gasteiger partial charge in [-0.05, 0) is 69.0 Å². The van der Waals surface area contributed by atoms with E-state index in [4.69, 9.17) is 15.0 Å². The SMILES string of the molecule is CC(C)(C)OC(=O)N(CCCN=[N+]=[N-])CCc1ccc(Oc2ccccc2)cc1. The summed E-state index contributed by atoms with van der Waals surface area (Å²) in [4.78, 5) is 16.9. The van der Waals surface area contributed by atoms with E-state index in [2.05, 4.69) is 10.0 Å². The smallest absolute Gasteiger partial charge is 0.410 e. The second-order valence-electron chi connectivity index (χ2n) is 7.58. The lowest BCUT2D eigenvalue weighted by atomic mass is 10.1. The average molecular weight is 396 g/mol. The Morgan fingerprint density at radius 1 is 1.03 bits per heavy atom. The van der Waals surface area contributed by atoms with Gasteiger partial charge in [-0.3, -0.25) is 0 Å². The van der Waals surface area contributed by atoms with Crippen molar-refractivity contribution in [1.29, 1.82) is 0 Å². The number of hydrogen-bond acceptors (Lipinski definition) is 4. The van der Waals surface area contributed by atoms with E-state index >= 15 is 0 Å². The molecule has 1 amide bonds. The Bertz CT molecular complexity index is 810. The van der Waals surface area contributed by atoms with Crippen LogP contribution in [0.2, 0.25) is 0 Å². The summed E-state index contributed by atoms with van der Waals surface area (Å²) in [6.45, 7) is 6.87. The van der Waals surface area contributed by atoms with Crippen LogP contribution in [0, 0.1) is 0 Å². The zero-order valence-electron chi connectivity index (χ0n) is 17.2. The van der Waals surface area contributed by atoms with Crippen LogP contribution in [0.5, 0.6) is 11.5 Å². The van der Waals surface area contributed by atoms with E-state index in [0.29, 0.717) is 32.5 Å². The van der Waals surface area contributed by atoms with E-state index in [-0.39, 0.29) is 6.09 Å². The van der Waals surface area contributed by atoms with Gasteiger partial charge in [-0.15, -0.1) is 0 Å². The highest BCUT2D eigenvalue weighted by Gasteiger charge is 2.21. The van der Waals surface area contributed by atoms with Crippen LogP contribution in [0.15, 0.2) is 59.7 Å². The van der Waals surface area contributed by atoms with Gasteiger partial charge < -0.3 is 14.4 Å². The Morgan fingerprint density at radius 3 is 2.31 bits per heavy atom. The molecule has 2 rings (SSSR count). The topological polar surface area (TPSA) is 87.5 Å². The Balaban J connectivity index is 1.93. The van der Waals surface area contributed by atoms with E-state index in [1.807, 2.05) is 75.4 Å². The maximum atomic E-state index is 12.5. The molecule has 2 aromatic carbocycles. The fourth-order valence-electron chi connectivity index (χ4n) is 2.61. The fourth-order valence-corrected chi connectivity index (χ4v) is 2.61. The minimum Gasteiger partial charge on any atom is -0.457 e. The van der Waals surface area contributed by atoms with Gasteiger partial charge in [0.05, 0.1) is 0 Å². The summed E-state index contributed by atoms with van der Waals surface area (Å²) in [6.07, 6.45) is 0.918. The standard InChI is InChI=1S/C22H28N4O3/c1-22(2,3)29-21(27)26(16-7-15-24-25-23)17-14-18-10-12-20(13-11-18)28-19-8-5-4-6-9-19/h4-6,8-13H,7,14-17H2,1-3H3. The highest BCUT2D eigenvalue weighted by Crippen LogP contribution is 2.21. The van der Waals surface area contributed by atoms with Gasteiger partial charge in [-0.1, -0.05) is 35.4 Å². The van der Waals surface area contributed by atoms with Crippen molar-refractivity contribution in [3.63, 3.8) is 0 Å². The van der Waals surface area contributed by atoms with Crippen molar-refractivity contribution < 1.29 is 14.3 Å². The molecule has 154 valence electrons. The predicted octanol–water partition coefficient (Wildman–Crippen LogP) is 5.96. The summed E-state index contributed by atoms with van der Waals surface area (Å²) in [6, 6.07) is 17.4. The maximum absolute atomic E-state index is 12.5. The molecule has 0 aromatic heterocycles. The first-order chi connectivity index (χ1) is 13.9. The zero-order valence-corrected chi connectivity index (χ0v) is 17.2. The molecule has 0 aliphatic heterocycles. The molecule has 0 bridgehead atoms. The van der Waals surface area contributed by atoms with Crippen LogP contribution in [0.3, 0.4) is 0 Å². The Morgan fingerprint density at radius 2 is 1.69 bits per heavy atom. The van der Waals surface area contributed by atoms with Crippen LogP contribution in [-0.2, 0) is 11.2 Å². The molecular formula is C22H28N4O3. The number of para-hydroxylation sites is 1. The summed E-state index contributed by atoms with van der Waals surface area (Å²) >= 11 is 0. The number of nitrogens with zero attached hydrogens (tertiary/aromatic N) is 4. The van der Waals surface area contributed by atoms with E-state index in [1.54, 1.807) is 4.90 Å². The molecule has 7 nitrogen and oxygen atoms in total. The molecule has 0 radical (unpaired) electrons. The van der Waals surface area contributed by atoms with Gasteiger partial charge in [0.1, 0.15) is 17.1 Å². The van der Waals surface area contributed by atoms with Crippen LogP contribution < -0.4 is 4.74 Å². The van der Waals surface area contributed by atoms with Crippen LogP contribution in [-0.4, -0.2) is 36.2 Å². The number of carbonyl (C=O) groups excluding carboxylic acids is 1. The minimum atomic E-state index is -0.559. The molecule has 0 N–H and O–H groups in total. The summed E-state index contributed by atoms with van der Waals surface area (Å²) in [7, 11) is 0. The van der Waals surface area contributed by atoms with Crippen molar-refractivity contribution in [3.8, 4) is 11.5 Å². The number of amides is 1. The van der Waals surface area contributed by atoms with Crippen molar-refractivity contribution in [2.45, 2.75) is 39.2 Å². The highest BCUT2D eigenvalue weighted by molar-refractivity contribution is 5.68. The molecular weight excluding hydrogens is 368 g/mol. The average Bonchev–Trinajstić information content (AvgIpc) is 2.68. The normalized spacial score (nSPS) is 10.7. The largest absolute Gasteiger partial charge is 0.457 e. The van der Waals surface area contributed by atoms with E-state index in [1.165, 1.54) is 0 Å². The Kier molecular flexibility index (Phi) is 8.37. The van der Waals surface area contributed by atoms with Crippen LogP contribution in [0.4, 0.5) is 4.79 Å². The number of hydrogen-bond donors (Lipinski definition) is 0. The zero-order chi connectivity index (χ0) is 21.1. The fraction of sp³-hybridized carbons (Fsp3) is 0.409. The van der Waals surface area contributed by atoms with E-state index < -0.39 is 5.60 Å². The van der Waals surface area contributed by atoms with Gasteiger partial charge >= 0.3 is 6.09 Å². The lowest BCUT2D eigenvalue weighted by Crippen LogP contribution is -2.38. The summed E-state index contributed by atoms with van der Waals surface area (Å²) in [5.74, 6) is 1.55. The highest BCUT2D eigenvalue weighted by atomic mass is 16.6. The van der Waals surface area contributed by atoms with Gasteiger partial charge in [0.2, 0.25) is 0 Å². The molecule has 0 aliphatic carbocycles. The van der Waals surface area contributed by atoms with Gasteiger partial charge in [-0.2, -0.15) is 0 Å². The van der Waals surface area contributed by atoms with Crippen LogP contribution in [0.1, 0.15) is 32.8 Å². The first kappa shape index (κ1) is 22.1. The molecule has 0 fully saturated rings. The molecule has 0 aliphatic rings. The van der Waals surface area contributed by atoms with Gasteiger partial charge in [-0.25, -0.2) is 4.79 Å². The third-order valence-corrected chi connectivity index (χ3v) is 3.97. The number of ether oxygens (including phenoxy) is 2. The quantitative estimate of drug-likeness (QED) is 0.227. The molecule has 0 atom stereocenters. The maximum Gasteiger partial charge on any atom is 0.410 e. The first-order valence-electron chi connectivity index (χ1n) is 9.68. The van der Waals surface area contributed by atoms with Crippen molar-refractivity contribution in [2.24, 2.45) is 5.11 Å². The van der Waals surface area contributed by atoms with Crippen molar-refractivity contribution in [3.05, 3.63) is 70.6 Å². The minimum absolute atomic E-state index is 0.349. The summed E-state index contributed by atoms with van der Waals surface area (Å²) < 4.78 is 11.3. The number of azide groups is 1. The molecule has 0 saturated carbocycles. The third-order valence-electron chi connectivity index (χ3n) is 3.97. The van der Waals surface area contributed by atoms with Crippen LogP contribution in [0.25, 0.3) is 10.4 Å². The van der Waals surface area contributed by atoms with E-state index in [0.717, 1.165) is 17.1 Å². The third kappa shape index (κ3) is 8.58. The molecule has 0 heterocycles. The number of rotatable bonds is 9. The molecule has 29 heavy (non-hydrogen) atoms. The molecule has 2 aromatic rings. The van der Waals surface area contributed by atoms with Crippen molar-refractivity contribution in [2.75, 3.05) is 19.6 Å². The monoisotopic (exact) mass is 396 g/mol. The number of carbonyl (C=O) groups is 1. The van der Waals surface area contributed by atoms with Crippen LogP contribution >= 0.6 is 0 Å². The first-order valence-corrected chi connectivity index (χ1v) is 9.68. The predicted molar refractivity (Wildman–Crippen MR) is 113 cm³/mol. The second-order valence-corrected chi connectivity index (χ2v) is 7.58. The summed E-state index contributed by atoms with van der Waals surface area (Å²) in [5, 5.41) is 3.53. The van der Waals surface area contributed by atoms with Crippen molar-refractivity contribution >= 4 is 6.09 Å². The summed E-state index contributed by atoms with van der Waals surface area (Å²) in [5.41, 5.74) is 8.94. The molecule has 0 spiro atoms. The van der Waals surface area contributed by atoms with E-state index in [9.17, 15) is 4.79 Å². The van der Waals surface area contributed by atoms with Crippen molar-refractivity contribution in [1.82, 2.24) is 4.90 Å². The van der Waals surface area contributed by atoms with Gasteiger partial charge in [0.25, 0.3) is 0 Å². The van der Waals surface area contributed by atoms with Gasteiger partial charge in [0.15, 0.2) is 0 Å². The second kappa shape index (κ2) is 11.0. The lowest BCUT2D eigenvalue weighted by Gasteiger charge is -2.27. The number of benzene rings is 2. The molecule has 0 saturated heterocycles. The lowest BCUT2D eigenvalue weighted by molar-refractivity contribution is 0.0251. The Hall–Kier alpha value is -3.18. The van der Waals surface area contributed by atoms with Gasteiger partial charge in [0, 0.05) is 24.5 Å². The molecule has 0 unspecified atom stereocenters. The Labute approximate surface area is 171 Å². The molecule has 7 heteroatoms.